The van der Waals surface area contributed by atoms with Gasteiger partial charge >= 0.3 is 0 Å². The van der Waals surface area contributed by atoms with Crippen molar-refractivity contribution in [3.05, 3.63) is 188 Å². The van der Waals surface area contributed by atoms with E-state index in [-0.39, 0.29) is 0 Å². The van der Waals surface area contributed by atoms with Gasteiger partial charge in [-0.25, -0.2) is 0 Å². The van der Waals surface area contributed by atoms with Crippen LogP contribution in [0.5, 0.6) is 0 Å². The minimum absolute atomic E-state index is 0.498. The van der Waals surface area contributed by atoms with Crippen LogP contribution in [0.15, 0.2) is 192 Å². The molecule has 4 nitrogen and oxygen atoms in total. The van der Waals surface area contributed by atoms with E-state index >= 15 is 0 Å². The van der Waals surface area contributed by atoms with E-state index in [0.29, 0.717) is 11.8 Å². The van der Waals surface area contributed by atoms with Gasteiger partial charge in [-0.3, -0.25) is 0 Å². The molecule has 0 atom stereocenters. The van der Waals surface area contributed by atoms with E-state index in [1.807, 2.05) is 18.2 Å². The molecule has 0 unspecified atom stereocenters. The zero-order valence-corrected chi connectivity index (χ0v) is 28.1. The molecule has 4 heteroatoms. The molecule has 0 aliphatic heterocycles. The SMILES string of the molecule is c1ccc(-n2c3ccccc3c3cc(-c4ccccc4-c4ccccc4-c4ccc(-c5nnc(-c6ccc7ccccc7c6)o5)cc4)ccc32)cc1. The molecule has 0 fully saturated rings. The van der Waals surface area contributed by atoms with Gasteiger partial charge in [-0.05, 0) is 98.8 Å². The van der Waals surface area contributed by atoms with Crippen molar-refractivity contribution in [1.29, 1.82) is 0 Å². The van der Waals surface area contributed by atoms with Crippen LogP contribution in [0.3, 0.4) is 0 Å². The van der Waals surface area contributed by atoms with E-state index < -0.39 is 0 Å². The van der Waals surface area contributed by atoms with Crippen molar-refractivity contribution in [3.8, 4) is 62.0 Å². The molecule has 244 valence electrons. The smallest absolute Gasteiger partial charge is 0.248 e. The topological polar surface area (TPSA) is 43.9 Å². The van der Waals surface area contributed by atoms with E-state index in [1.54, 1.807) is 0 Å². The maximum Gasteiger partial charge on any atom is 0.248 e. The van der Waals surface area contributed by atoms with E-state index in [9.17, 15) is 0 Å². The van der Waals surface area contributed by atoms with Gasteiger partial charge in [0.05, 0.1) is 11.0 Å². The number of rotatable bonds is 6. The summed E-state index contributed by atoms with van der Waals surface area (Å²) in [5, 5.41) is 13.6. The Labute approximate surface area is 300 Å². The van der Waals surface area contributed by atoms with Crippen LogP contribution in [0.4, 0.5) is 0 Å². The molecule has 8 aromatic carbocycles. The summed E-state index contributed by atoms with van der Waals surface area (Å²) in [6.45, 7) is 0. The molecular formula is C48H31N3O. The van der Waals surface area contributed by atoms with E-state index in [0.717, 1.165) is 33.3 Å². The maximum absolute atomic E-state index is 6.17. The summed E-state index contributed by atoms with van der Waals surface area (Å²) in [7, 11) is 0. The van der Waals surface area contributed by atoms with Crippen LogP contribution < -0.4 is 0 Å². The first-order valence-corrected chi connectivity index (χ1v) is 17.5. The van der Waals surface area contributed by atoms with Gasteiger partial charge in [0, 0.05) is 27.6 Å². The Bertz CT molecular complexity index is 2900. The second kappa shape index (κ2) is 12.4. The lowest BCUT2D eigenvalue weighted by molar-refractivity contribution is 0.584. The maximum atomic E-state index is 6.17. The van der Waals surface area contributed by atoms with Crippen LogP contribution >= 0.6 is 0 Å². The normalized spacial score (nSPS) is 11.5. The molecule has 0 spiro atoms. The lowest BCUT2D eigenvalue weighted by Gasteiger charge is -2.15. The summed E-state index contributed by atoms with van der Waals surface area (Å²) in [4.78, 5) is 0. The minimum atomic E-state index is 0.498. The standard InChI is InChI=1S/C48H31N3O/c1-2-14-38(15-3-1)51-45-21-11-10-20-43(45)44-31-36(28-29-46(44)51)40-17-7-9-19-42(40)41-18-8-6-16-39(41)33-23-25-34(26-24-33)47-49-50-48(52-47)37-27-22-32-12-4-5-13-35(32)30-37/h1-31H. The molecular weight excluding hydrogens is 635 g/mol. The zero-order chi connectivity index (χ0) is 34.4. The van der Waals surface area contributed by atoms with Gasteiger partial charge in [0.15, 0.2) is 0 Å². The molecule has 2 aromatic heterocycles. The molecule has 0 amide bonds. The van der Waals surface area contributed by atoms with Crippen molar-refractivity contribution < 1.29 is 4.42 Å². The summed E-state index contributed by atoms with van der Waals surface area (Å²) in [6.07, 6.45) is 0. The molecule has 0 bridgehead atoms. The molecule has 0 radical (unpaired) electrons. The number of hydrogen-bond donors (Lipinski definition) is 0. The summed E-state index contributed by atoms with van der Waals surface area (Å²) >= 11 is 0. The first-order valence-electron chi connectivity index (χ1n) is 17.5. The lowest BCUT2D eigenvalue weighted by atomic mass is 9.89. The Morgan fingerprint density at radius 2 is 0.885 bits per heavy atom. The van der Waals surface area contributed by atoms with Crippen LogP contribution in [-0.2, 0) is 0 Å². The van der Waals surface area contributed by atoms with Crippen molar-refractivity contribution in [2.45, 2.75) is 0 Å². The highest BCUT2D eigenvalue weighted by Gasteiger charge is 2.17. The van der Waals surface area contributed by atoms with Crippen LogP contribution in [0.1, 0.15) is 0 Å². The fourth-order valence-corrected chi connectivity index (χ4v) is 7.51. The molecule has 0 saturated heterocycles. The molecule has 0 aliphatic carbocycles. The highest BCUT2D eigenvalue weighted by Crippen LogP contribution is 2.41. The molecule has 10 aromatic rings. The van der Waals surface area contributed by atoms with E-state index in [4.69, 9.17) is 4.42 Å². The van der Waals surface area contributed by atoms with Gasteiger partial charge in [-0.1, -0.05) is 133 Å². The largest absolute Gasteiger partial charge is 0.416 e. The third kappa shape index (κ3) is 5.09. The average Bonchev–Trinajstić information content (AvgIpc) is 3.85. The number of benzene rings is 8. The average molecular weight is 666 g/mol. The molecule has 0 aliphatic rings. The predicted octanol–water partition coefficient (Wildman–Crippen LogP) is 12.7. The predicted molar refractivity (Wildman–Crippen MR) is 213 cm³/mol. The van der Waals surface area contributed by atoms with Crippen molar-refractivity contribution in [3.63, 3.8) is 0 Å². The van der Waals surface area contributed by atoms with Crippen molar-refractivity contribution in [2.75, 3.05) is 0 Å². The molecule has 52 heavy (non-hydrogen) atoms. The summed E-state index contributed by atoms with van der Waals surface area (Å²) in [5.74, 6) is 1.01. The van der Waals surface area contributed by atoms with Crippen LogP contribution in [0, 0.1) is 0 Å². The number of para-hydroxylation sites is 2. The van der Waals surface area contributed by atoms with Crippen molar-refractivity contribution in [2.24, 2.45) is 0 Å². The van der Waals surface area contributed by atoms with Crippen molar-refractivity contribution >= 4 is 32.6 Å². The highest BCUT2D eigenvalue weighted by molar-refractivity contribution is 6.11. The second-order valence-electron chi connectivity index (χ2n) is 13.1. The van der Waals surface area contributed by atoms with Crippen LogP contribution in [0.25, 0.3) is 94.6 Å². The Morgan fingerprint density at radius 1 is 0.346 bits per heavy atom. The fourth-order valence-electron chi connectivity index (χ4n) is 7.51. The summed E-state index contributed by atoms with van der Waals surface area (Å²) < 4.78 is 8.53. The number of aromatic nitrogens is 3. The lowest BCUT2D eigenvalue weighted by Crippen LogP contribution is -1.93. The minimum Gasteiger partial charge on any atom is -0.416 e. The van der Waals surface area contributed by atoms with Crippen LogP contribution in [-0.4, -0.2) is 14.8 Å². The fraction of sp³-hybridized carbons (Fsp3) is 0. The number of hydrogen-bond acceptors (Lipinski definition) is 3. The van der Waals surface area contributed by atoms with Gasteiger partial charge < -0.3 is 8.98 Å². The number of fused-ring (bicyclic) bond motifs is 4. The molecule has 0 N–H and O–H groups in total. The van der Waals surface area contributed by atoms with Gasteiger partial charge in [-0.2, -0.15) is 0 Å². The van der Waals surface area contributed by atoms with Gasteiger partial charge in [-0.15, -0.1) is 10.2 Å². The third-order valence-corrected chi connectivity index (χ3v) is 10.0. The Kier molecular flexibility index (Phi) is 7.10. The Hall–Kier alpha value is -7.04. The van der Waals surface area contributed by atoms with E-state index in [2.05, 4.69) is 185 Å². The van der Waals surface area contributed by atoms with Crippen molar-refractivity contribution in [1.82, 2.24) is 14.8 Å². The molecule has 10 rings (SSSR count). The second-order valence-corrected chi connectivity index (χ2v) is 13.1. The molecule has 0 saturated carbocycles. The van der Waals surface area contributed by atoms with Gasteiger partial charge in [0.25, 0.3) is 0 Å². The van der Waals surface area contributed by atoms with Crippen LogP contribution in [0.2, 0.25) is 0 Å². The summed E-state index contributed by atoms with van der Waals surface area (Å²) in [6, 6.07) is 66.4. The first kappa shape index (κ1) is 29.8. The Balaban J connectivity index is 1.01. The monoisotopic (exact) mass is 665 g/mol. The third-order valence-electron chi connectivity index (χ3n) is 10.0. The van der Waals surface area contributed by atoms with Gasteiger partial charge in [0.1, 0.15) is 0 Å². The summed E-state index contributed by atoms with van der Waals surface area (Å²) in [5.41, 5.74) is 12.3. The van der Waals surface area contributed by atoms with E-state index in [1.165, 1.54) is 49.4 Å². The highest BCUT2D eigenvalue weighted by atomic mass is 16.4. The number of nitrogens with zero attached hydrogens (tertiary/aromatic N) is 3. The molecule has 2 heterocycles. The van der Waals surface area contributed by atoms with Gasteiger partial charge in [0.2, 0.25) is 11.8 Å². The first-order chi connectivity index (χ1) is 25.8. The quantitative estimate of drug-likeness (QED) is 0.178. The zero-order valence-electron chi connectivity index (χ0n) is 28.1. The Morgan fingerprint density at radius 3 is 1.65 bits per heavy atom.